The molecular weight excluding hydrogens is 286 g/mol. The number of nitro groups is 1. The van der Waals surface area contributed by atoms with Gasteiger partial charge in [0, 0.05) is 11.5 Å². The number of pyridine rings is 1. The van der Waals surface area contributed by atoms with E-state index in [-0.39, 0.29) is 17.4 Å². The van der Waals surface area contributed by atoms with Crippen molar-refractivity contribution in [2.45, 2.75) is 26.3 Å². The highest BCUT2D eigenvalue weighted by Crippen LogP contribution is 2.28. The highest BCUT2D eigenvalue weighted by molar-refractivity contribution is 5.86. The minimum Gasteiger partial charge on any atom is -0.480 e. The van der Waals surface area contributed by atoms with E-state index in [2.05, 4.69) is 10.3 Å². The summed E-state index contributed by atoms with van der Waals surface area (Å²) in [5.41, 5.74) is 0.345. The van der Waals surface area contributed by atoms with Crippen LogP contribution < -0.4 is 5.32 Å². The molecule has 2 aromatic rings. The lowest BCUT2D eigenvalue weighted by Crippen LogP contribution is -2.31. The van der Waals surface area contributed by atoms with Crippen molar-refractivity contribution in [2.75, 3.05) is 5.32 Å². The third-order valence-electron chi connectivity index (χ3n) is 3.22. The van der Waals surface area contributed by atoms with Crippen molar-refractivity contribution in [3.8, 4) is 0 Å². The molecule has 0 aliphatic carbocycles. The Morgan fingerprint density at radius 2 is 2.09 bits per heavy atom. The average molecular weight is 303 g/mol. The molecule has 116 valence electrons. The van der Waals surface area contributed by atoms with Crippen LogP contribution in [0.3, 0.4) is 0 Å². The Balaban J connectivity index is 2.45. The molecule has 0 spiro atoms. The smallest absolute Gasteiger partial charge is 0.326 e. The zero-order valence-corrected chi connectivity index (χ0v) is 12.3. The topological polar surface area (TPSA) is 105 Å². The molecule has 0 bridgehead atoms. The SMILES string of the molecule is CC(C)C[C@H](Nc1nc2ccccc2cc1[N+](=O)[O-])C(=O)O. The van der Waals surface area contributed by atoms with E-state index in [1.54, 1.807) is 24.3 Å². The van der Waals surface area contributed by atoms with E-state index in [0.717, 1.165) is 0 Å². The summed E-state index contributed by atoms with van der Waals surface area (Å²) in [6.45, 7) is 3.78. The number of fused-ring (bicyclic) bond motifs is 1. The van der Waals surface area contributed by atoms with Crippen molar-refractivity contribution in [1.82, 2.24) is 4.98 Å². The van der Waals surface area contributed by atoms with Gasteiger partial charge in [-0.3, -0.25) is 10.1 Å². The molecule has 1 atom stereocenters. The van der Waals surface area contributed by atoms with E-state index in [1.807, 2.05) is 13.8 Å². The van der Waals surface area contributed by atoms with Crippen LogP contribution in [0.25, 0.3) is 10.9 Å². The molecule has 7 nitrogen and oxygen atoms in total. The zero-order valence-electron chi connectivity index (χ0n) is 12.3. The van der Waals surface area contributed by atoms with Crippen LogP contribution in [0.2, 0.25) is 0 Å². The molecule has 1 heterocycles. The number of para-hydroxylation sites is 1. The normalized spacial score (nSPS) is 12.3. The van der Waals surface area contributed by atoms with Crippen molar-refractivity contribution >= 4 is 28.4 Å². The van der Waals surface area contributed by atoms with Crippen LogP contribution in [-0.2, 0) is 4.79 Å². The lowest BCUT2D eigenvalue weighted by molar-refractivity contribution is -0.384. The lowest BCUT2D eigenvalue weighted by atomic mass is 10.0. The maximum Gasteiger partial charge on any atom is 0.326 e. The van der Waals surface area contributed by atoms with E-state index >= 15 is 0 Å². The molecule has 0 amide bonds. The molecule has 0 aliphatic heterocycles. The first kappa shape index (κ1) is 15.7. The van der Waals surface area contributed by atoms with Gasteiger partial charge in [-0.05, 0) is 18.4 Å². The summed E-state index contributed by atoms with van der Waals surface area (Å²) in [7, 11) is 0. The van der Waals surface area contributed by atoms with Gasteiger partial charge in [0.1, 0.15) is 6.04 Å². The number of benzene rings is 1. The molecule has 2 N–H and O–H groups in total. The minimum absolute atomic E-state index is 0.0169. The number of carboxylic acids is 1. The predicted octanol–water partition coefficient (Wildman–Crippen LogP) is 3.05. The molecule has 2 rings (SSSR count). The number of aliphatic carboxylic acids is 1. The number of rotatable bonds is 6. The number of aromatic nitrogens is 1. The summed E-state index contributed by atoms with van der Waals surface area (Å²) in [6.07, 6.45) is 0.348. The van der Waals surface area contributed by atoms with Gasteiger partial charge < -0.3 is 10.4 Å². The molecule has 7 heteroatoms. The largest absolute Gasteiger partial charge is 0.480 e. The van der Waals surface area contributed by atoms with Crippen molar-refractivity contribution in [2.24, 2.45) is 5.92 Å². The number of anilines is 1. The number of carbonyl (C=O) groups is 1. The van der Waals surface area contributed by atoms with E-state index in [9.17, 15) is 20.0 Å². The maximum atomic E-state index is 11.3. The van der Waals surface area contributed by atoms with Gasteiger partial charge in [-0.2, -0.15) is 0 Å². The van der Waals surface area contributed by atoms with Crippen LogP contribution in [0, 0.1) is 16.0 Å². The molecule has 0 unspecified atom stereocenters. The van der Waals surface area contributed by atoms with Crippen LogP contribution in [0.1, 0.15) is 20.3 Å². The average Bonchev–Trinajstić information content (AvgIpc) is 2.45. The van der Waals surface area contributed by atoms with Gasteiger partial charge in [-0.1, -0.05) is 32.0 Å². The van der Waals surface area contributed by atoms with Gasteiger partial charge in [0.15, 0.2) is 0 Å². The predicted molar refractivity (Wildman–Crippen MR) is 82.9 cm³/mol. The summed E-state index contributed by atoms with van der Waals surface area (Å²) >= 11 is 0. The lowest BCUT2D eigenvalue weighted by Gasteiger charge is -2.17. The first-order valence-electron chi connectivity index (χ1n) is 6.92. The molecule has 0 saturated carbocycles. The molecule has 0 radical (unpaired) electrons. The van der Waals surface area contributed by atoms with Crippen LogP contribution >= 0.6 is 0 Å². The third-order valence-corrected chi connectivity index (χ3v) is 3.22. The van der Waals surface area contributed by atoms with Crippen LogP contribution in [-0.4, -0.2) is 27.0 Å². The molecule has 1 aromatic heterocycles. The fourth-order valence-corrected chi connectivity index (χ4v) is 2.21. The fourth-order valence-electron chi connectivity index (χ4n) is 2.21. The Bertz CT molecular complexity index is 715. The molecule has 0 aliphatic rings. The first-order valence-corrected chi connectivity index (χ1v) is 6.92. The van der Waals surface area contributed by atoms with Crippen LogP contribution in [0.15, 0.2) is 30.3 Å². The summed E-state index contributed by atoms with van der Waals surface area (Å²) in [5, 5.41) is 23.8. The molecule has 0 saturated heterocycles. The quantitative estimate of drug-likeness (QED) is 0.627. The Morgan fingerprint density at radius 1 is 1.41 bits per heavy atom. The Morgan fingerprint density at radius 3 is 2.68 bits per heavy atom. The fraction of sp³-hybridized carbons (Fsp3) is 0.333. The van der Waals surface area contributed by atoms with Gasteiger partial charge in [-0.15, -0.1) is 0 Å². The second-order valence-corrected chi connectivity index (χ2v) is 5.47. The number of hydrogen-bond acceptors (Lipinski definition) is 5. The summed E-state index contributed by atoms with van der Waals surface area (Å²) < 4.78 is 0. The molecule has 22 heavy (non-hydrogen) atoms. The minimum atomic E-state index is -1.06. The number of hydrogen-bond donors (Lipinski definition) is 2. The summed E-state index contributed by atoms with van der Waals surface area (Å²) in [6, 6.07) is 7.46. The van der Waals surface area contributed by atoms with E-state index < -0.39 is 16.9 Å². The number of carboxylic acid groups (broad SMARTS) is 1. The van der Waals surface area contributed by atoms with E-state index in [4.69, 9.17) is 0 Å². The summed E-state index contributed by atoms with van der Waals surface area (Å²) in [4.78, 5) is 26.2. The highest BCUT2D eigenvalue weighted by Gasteiger charge is 2.24. The molecule has 1 aromatic carbocycles. The van der Waals surface area contributed by atoms with E-state index in [0.29, 0.717) is 17.3 Å². The van der Waals surface area contributed by atoms with Crippen molar-refractivity contribution in [3.63, 3.8) is 0 Å². The van der Waals surface area contributed by atoms with Crippen molar-refractivity contribution < 1.29 is 14.8 Å². The second-order valence-electron chi connectivity index (χ2n) is 5.47. The second kappa shape index (κ2) is 6.38. The number of nitrogens with zero attached hydrogens (tertiary/aromatic N) is 2. The Hall–Kier alpha value is -2.70. The standard InChI is InChI=1S/C15H17N3O4/c1-9(2)7-12(15(19)20)17-14-13(18(21)22)8-10-5-3-4-6-11(10)16-14/h3-6,8-9,12H,7H2,1-2H3,(H,16,17)(H,19,20)/t12-/m0/s1. The third kappa shape index (κ3) is 3.49. The molecule has 0 fully saturated rings. The van der Waals surface area contributed by atoms with Crippen LogP contribution in [0.4, 0.5) is 11.5 Å². The Labute approximate surface area is 127 Å². The van der Waals surface area contributed by atoms with Gasteiger partial charge in [0.05, 0.1) is 10.4 Å². The van der Waals surface area contributed by atoms with Crippen molar-refractivity contribution in [1.29, 1.82) is 0 Å². The van der Waals surface area contributed by atoms with Crippen LogP contribution in [0.5, 0.6) is 0 Å². The van der Waals surface area contributed by atoms with Gasteiger partial charge in [0.25, 0.3) is 0 Å². The number of nitrogens with one attached hydrogen (secondary N) is 1. The highest BCUT2D eigenvalue weighted by atomic mass is 16.6. The molecular formula is C15H17N3O4. The summed E-state index contributed by atoms with van der Waals surface area (Å²) in [5.74, 6) is -0.942. The monoisotopic (exact) mass is 303 g/mol. The first-order chi connectivity index (χ1) is 10.4. The maximum absolute atomic E-state index is 11.3. The Kier molecular flexibility index (Phi) is 4.55. The van der Waals surface area contributed by atoms with Gasteiger partial charge in [-0.25, -0.2) is 9.78 Å². The van der Waals surface area contributed by atoms with E-state index in [1.165, 1.54) is 6.07 Å². The van der Waals surface area contributed by atoms with Gasteiger partial charge >= 0.3 is 11.7 Å². The van der Waals surface area contributed by atoms with Gasteiger partial charge in [0.2, 0.25) is 5.82 Å². The van der Waals surface area contributed by atoms with Crippen molar-refractivity contribution in [3.05, 3.63) is 40.4 Å². The zero-order chi connectivity index (χ0) is 16.3.